The van der Waals surface area contributed by atoms with Crippen molar-refractivity contribution in [1.82, 2.24) is 19.6 Å². The van der Waals surface area contributed by atoms with Gasteiger partial charge in [0.1, 0.15) is 11.5 Å². The van der Waals surface area contributed by atoms with E-state index in [0.717, 1.165) is 48.7 Å². The highest BCUT2D eigenvalue weighted by Gasteiger charge is 2.42. The minimum Gasteiger partial charge on any atom is -0.330 e. The number of amides is 1. The third-order valence-corrected chi connectivity index (χ3v) is 6.26. The summed E-state index contributed by atoms with van der Waals surface area (Å²) >= 11 is 0. The van der Waals surface area contributed by atoms with Crippen molar-refractivity contribution in [3.8, 4) is 5.69 Å². The Labute approximate surface area is 175 Å². The van der Waals surface area contributed by atoms with Gasteiger partial charge >= 0.3 is 0 Å². The van der Waals surface area contributed by atoms with E-state index in [4.69, 9.17) is 0 Å². The van der Waals surface area contributed by atoms with Gasteiger partial charge < -0.3 is 4.90 Å². The van der Waals surface area contributed by atoms with Crippen LogP contribution in [0.5, 0.6) is 0 Å². The second-order valence-electron chi connectivity index (χ2n) is 8.42. The van der Waals surface area contributed by atoms with Gasteiger partial charge in [-0.05, 0) is 43.7 Å². The summed E-state index contributed by atoms with van der Waals surface area (Å²) in [7, 11) is 0. The van der Waals surface area contributed by atoms with Crippen LogP contribution in [0.2, 0.25) is 0 Å². The molecule has 3 heterocycles. The molecular weight excluding hydrogens is 379 g/mol. The van der Waals surface area contributed by atoms with Crippen LogP contribution in [0.4, 0.5) is 4.39 Å². The molecule has 3 aromatic rings. The summed E-state index contributed by atoms with van der Waals surface area (Å²) in [6.07, 6.45) is 0. The summed E-state index contributed by atoms with van der Waals surface area (Å²) in [6, 6.07) is 16.6. The number of aryl methyl sites for hydroxylation is 1. The lowest BCUT2D eigenvalue weighted by molar-refractivity contribution is 0.0423. The van der Waals surface area contributed by atoms with E-state index >= 15 is 0 Å². The highest BCUT2D eigenvalue weighted by atomic mass is 19.1. The summed E-state index contributed by atoms with van der Waals surface area (Å²) in [6.45, 7) is 7.56. The van der Waals surface area contributed by atoms with Gasteiger partial charge in [0.2, 0.25) is 0 Å². The maximum Gasteiger partial charge on any atom is 0.273 e. The Bertz CT molecular complexity index is 1070. The van der Waals surface area contributed by atoms with Gasteiger partial charge in [-0.25, -0.2) is 9.07 Å². The Morgan fingerprint density at radius 1 is 1.07 bits per heavy atom. The lowest BCUT2D eigenvalue weighted by Gasteiger charge is -2.42. The van der Waals surface area contributed by atoms with E-state index in [0.29, 0.717) is 11.6 Å². The van der Waals surface area contributed by atoms with Crippen LogP contribution in [0.25, 0.3) is 5.69 Å². The van der Waals surface area contributed by atoms with Gasteiger partial charge in [0.25, 0.3) is 5.91 Å². The molecule has 0 bridgehead atoms. The zero-order valence-electron chi connectivity index (χ0n) is 17.3. The molecular formula is C24H25FN4O. The van der Waals surface area contributed by atoms with Gasteiger partial charge in [-0.15, -0.1) is 0 Å². The number of benzene rings is 2. The van der Waals surface area contributed by atoms with Crippen LogP contribution in [0, 0.1) is 18.7 Å². The molecule has 0 saturated carbocycles. The van der Waals surface area contributed by atoms with Crippen molar-refractivity contribution in [2.24, 2.45) is 5.92 Å². The maximum atomic E-state index is 13.3. The van der Waals surface area contributed by atoms with Crippen molar-refractivity contribution < 1.29 is 9.18 Å². The van der Waals surface area contributed by atoms with Gasteiger partial charge in [-0.1, -0.05) is 30.3 Å². The van der Waals surface area contributed by atoms with E-state index in [1.807, 2.05) is 54.3 Å². The molecule has 0 N–H and O–H groups in total. The van der Waals surface area contributed by atoms with Crippen LogP contribution in [-0.2, 0) is 6.54 Å². The average molecular weight is 404 g/mol. The lowest BCUT2D eigenvalue weighted by Crippen LogP contribution is -2.51. The van der Waals surface area contributed by atoms with E-state index < -0.39 is 0 Å². The molecule has 2 aliphatic rings. The molecule has 30 heavy (non-hydrogen) atoms. The summed E-state index contributed by atoms with van der Waals surface area (Å²) in [5.41, 5.74) is 4.70. The molecule has 5 rings (SSSR count). The molecule has 0 aliphatic carbocycles. The van der Waals surface area contributed by atoms with Crippen LogP contribution in [0.15, 0.2) is 54.6 Å². The summed E-state index contributed by atoms with van der Waals surface area (Å²) in [4.78, 5) is 17.6. The Balaban J connectivity index is 1.27. The number of nitrogens with zero attached hydrogens (tertiary/aromatic N) is 4. The Hall–Kier alpha value is -2.99. The molecule has 1 atom stereocenters. The van der Waals surface area contributed by atoms with Gasteiger partial charge in [0.15, 0.2) is 0 Å². The van der Waals surface area contributed by atoms with E-state index in [1.54, 1.807) is 4.68 Å². The zero-order chi connectivity index (χ0) is 20.8. The van der Waals surface area contributed by atoms with E-state index in [1.165, 1.54) is 12.1 Å². The third-order valence-electron chi connectivity index (χ3n) is 6.26. The van der Waals surface area contributed by atoms with Crippen LogP contribution in [0.3, 0.4) is 0 Å². The molecule has 0 radical (unpaired) electrons. The van der Waals surface area contributed by atoms with Crippen molar-refractivity contribution in [3.05, 3.63) is 82.9 Å². The molecule has 1 unspecified atom stereocenters. The van der Waals surface area contributed by atoms with Crippen LogP contribution < -0.4 is 0 Å². The van der Waals surface area contributed by atoms with Crippen LogP contribution in [-0.4, -0.2) is 45.1 Å². The number of hydrogen-bond donors (Lipinski definition) is 0. The molecule has 1 fully saturated rings. The number of rotatable bonds is 5. The SMILES string of the molecule is Cc1nn(-c2ccccc2)c2c1C(C)N(CC1CN(Cc3ccc(F)cc3)C1)C2=O. The molecule has 154 valence electrons. The van der Waals surface area contributed by atoms with Gasteiger partial charge in [-0.2, -0.15) is 5.10 Å². The lowest BCUT2D eigenvalue weighted by atomic mass is 9.98. The Morgan fingerprint density at radius 2 is 1.77 bits per heavy atom. The van der Waals surface area contributed by atoms with E-state index in [-0.39, 0.29) is 17.8 Å². The standard InChI is InChI=1S/C24H25FN4O/c1-16-22-17(2)28(24(30)23(22)29(26-16)21-6-4-3-5-7-21)15-19-13-27(14-19)12-18-8-10-20(25)11-9-18/h3-11,17,19H,12-15H2,1-2H3. The first-order valence-electron chi connectivity index (χ1n) is 10.4. The first kappa shape index (κ1) is 19.0. The first-order chi connectivity index (χ1) is 14.5. The average Bonchev–Trinajstić information content (AvgIpc) is 3.19. The predicted molar refractivity (Wildman–Crippen MR) is 113 cm³/mol. The normalized spacial score (nSPS) is 19.2. The third kappa shape index (κ3) is 3.21. The van der Waals surface area contributed by atoms with Crippen molar-refractivity contribution in [2.75, 3.05) is 19.6 Å². The fourth-order valence-electron chi connectivity index (χ4n) is 4.76. The zero-order valence-corrected chi connectivity index (χ0v) is 17.3. The predicted octanol–water partition coefficient (Wildman–Crippen LogP) is 3.97. The molecule has 2 aromatic carbocycles. The van der Waals surface area contributed by atoms with Gasteiger partial charge in [0, 0.05) is 37.7 Å². The number of likely N-dealkylation sites (tertiary alicyclic amines) is 1. The maximum absolute atomic E-state index is 13.3. The number of aromatic nitrogens is 2. The molecule has 1 amide bonds. The van der Waals surface area contributed by atoms with Crippen molar-refractivity contribution in [3.63, 3.8) is 0 Å². The van der Waals surface area contributed by atoms with Crippen molar-refractivity contribution in [1.29, 1.82) is 0 Å². The first-order valence-corrected chi connectivity index (χ1v) is 10.4. The molecule has 5 nitrogen and oxygen atoms in total. The summed E-state index contributed by atoms with van der Waals surface area (Å²) in [5, 5.41) is 4.65. The molecule has 2 aliphatic heterocycles. The number of fused-ring (bicyclic) bond motifs is 1. The number of carbonyl (C=O) groups excluding carboxylic acids is 1. The second-order valence-corrected chi connectivity index (χ2v) is 8.42. The van der Waals surface area contributed by atoms with E-state index in [2.05, 4.69) is 16.9 Å². The Morgan fingerprint density at radius 3 is 2.47 bits per heavy atom. The highest BCUT2D eigenvalue weighted by molar-refractivity contribution is 5.98. The fourth-order valence-corrected chi connectivity index (χ4v) is 4.76. The summed E-state index contributed by atoms with van der Waals surface area (Å²) in [5.74, 6) is 0.323. The Kier molecular flexibility index (Phi) is 4.66. The number of hydrogen-bond acceptors (Lipinski definition) is 3. The van der Waals surface area contributed by atoms with Gasteiger partial charge in [-0.3, -0.25) is 9.69 Å². The van der Waals surface area contributed by atoms with Crippen molar-refractivity contribution >= 4 is 5.91 Å². The largest absolute Gasteiger partial charge is 0.330 e. The molecule has 0 spiro atoms. The molecule has 1 saturated heterocycles. The van der Waals surface area contributed by atoms with Crippen LogP contribution in [0.1, 0.15) is 40.3 Å². The second kappa shape index (κ2) is 7.36. The van der Waals surface area contributed by atoms with Crippen molar-refractivity contribution in [2.45, 2.75) is 26.4 Å². The monoisotopic (exact) mass is 404 g/mol. The van der Waals surface area contributed by atoms with Crippen LogP contribution >= 0.6 is 0 Å². The summed E-state index contributed by atoms with van der Waals surface area (Å²) < 4.78 is 14.9. The van der Waals surface area contributed by atoms with E-state index in [9.17, 15) is 9.18 Å². The minimum atomic E-state index is -0.203. The fraction of sp³-hybridized carbons (Fsp3) is 0.333. The molecule has 6 heteroatoms. The smallest absolute Gasteiger partial charge is 0.273 e. The number of carbonyl (C=O) groups is 1. The highest BCUT2D eigenvalue weighted by Crippen LogP contribution is 2.38. The topological polar surface area (TPSA) is 41.4 Å². The van der Waals surface area contributed by atoms with Gasteiger partial charge in [0.05, 0.1) is 17.4 Å². The number of para-hydroxylation sites is 1. The quantitative estimate of drug-likeness (QED) is 0.646. The molecule has 1 aromatic heterocycles. The minimum absolute atomic E-state index is 0.0381. The number of halogens is 1.